The van der Waals surface area contributed by atoms with E-state index in [2.05, 4.69) is 5.32 Å². The van der Waals surface area contributed by atoms with Gasteiger partial charge in [-0.3, -0.25) is 4.79 Å². The number of nitrogens with two attached hydrogens (primary N) is 1. The second-order valence-electron chi connectivity index (χ2n) is 4.01. The van der Waals surface area contributed by atoms with Crippen molar-refractivity contribution in [1.82, 2.24) is 5.32 Å². The van der Waals surface area contributed by atoms with Crippen LogP contribution < -0.4 is 11.1 Å². The summed E-state index contributed by atoms with van der Waals surface area (Å²) < 4.78 is 22.9. The second kappa shape index (κ2) is 8.11. The van der Waals surface area contributed by atoms with E-state index in [1.165, 1.54) is 12.1 Å². The predicted octanol–water partition coefficient (Wildman–Crippen LogP) is 0.717. The number of anilines is 1. The Bertz CT molecular complexity index is 479. The summed E-state index contributed by atoms with van der Waals surface area (Å²) in [7, 11) is 1.56. The van der Waals surface area contributed by atoms with Gasteiger partial charge in [0.1, 0.15) is 5.82 Å². The van der Waals surface area contributed by atoms with Gasteiger partial charge in [0.2, 0.25) is 0 Å². The molecule has 0 unspecified atom stereocenters. The Labute approximate surface area is 116 Å². The number of nitrogen functional groups attached to an aromatic ring is 1. The van der Waals surface area contributed by atoms with Gasteiger partial charge in [0.15, 0.2) is 6.61 Å². The Morgan fingerprint density at radius 3 is 2.80 bits per heavy atom. The molecule has 20 heavy (non-hydrogen) atoms. The van der Waals surface area contributed by atoms with Crippen molar-refractivity contribution >= 4 is 17.6 Å². The molecule has 7 heteroatoms. The topological polar surface area (TPSA) is 90.6 Å². The van der Waals surface area contributed by atoms with Gasteiger partial charge in [-0.05, 0) is 24.6 Å². The van der Waals surface area contributed by atoms with Crippen molar-refractivity contribution < 1.29 is 23.5 Å². The molecule has 0 radical (unpaired) electrons. The molecule has 1 amide bonds. The van der Waals surface area contributed by atoms with Crippen LogP contribution in [0.5, 0.6) is 0 Å². The van der Waals surface area contributed by atoms with E-state index >= 15 is 0 Å². The molecule has 1 rings (SSSR count). The molecule has 0 spiro atoms. The quantitative estimate of drug-likeness (QED) is 0.437. The Kier molecular flexibility index (Phi) is 6.45. The number of esters is 1. The molecular weight excluding hydrogens is 267 g/mol. The lowest BCUT2D eigenvalue weighted by atomic mass is 10.2. The lowest BCUT2D eigenvalue weighted by molar-refractivity contribution is -0.124. The highest BCUT2D eigenvalue weighted by Gasteiger charge is 2.14. The summed E-state index contributed by atoms with van der Waals surface area (Å²) in [5.41, 5.74) is 5.31. The van der Waals surface area contributed by atoms with E-state index < -0.39 is 24.3 Å². The van der Waals surface area contributed by atoms with Crippen LogP contribution in [0.2, 0.25) is 0 Å². The molecule has 0 aliphatic carbocycles. The Balaban J connectivity index is 2.37. The number of benzene rings is 1. The first-order valence-electron chi connectivity index (χ1n) is 6.02. The summed E-state index contributed by atoms with van der Waals surface area (Å²) in [5, 5.41) is 2.54. The molecule has 0 aliphatic rings. The van der Waals surface area contributed by atoms with Crippen LogP contribution in [0.15, 0.2) is 18.2 Å². The molecule has 0 aromatic heterocycles. The molecule has 0 bridgehead atoms. The number of rotatable bonds is 7. The third-order valence-corrected chi connectivity index (χ3v) is 2.39. The van der Waals surface area contributed by atoms with Crippen molar-refractivity contribution in [3.63, 3.8) is 0 Å². The number of carbonyl (C=O) groups is 2. The Morgan fingerprint density at radius 2 is 2.15 bits per heavy atom. The van der Waals surface area contributed by atoms with Gasteiger partial charge < -0.3 is 20.5 Å². The minimum absolute atomic E-state index is 0.204. The minimum Gasteiger partial charge on any atom is -0.452 e. The summed E-state index contributed by atoms with van der Waals surface area (Å²) in [6.07, 6.45) is 0.656. The van der Waals surface area contributed by atoms with Gasteiger partial charge in [-0.15, -0.1) is 0 Å². The largest absolute Gasteiger partial charge is 0.452 e. The van der Waals surface area contributed by atoms with Crippen LogP contribution in [0.4, 0.5) is 10.1 Å². The maximum absolute atomic E-state index is 13.4. The lowest BCUT2D eigenvalue weighted by Crippen LogP contribution is -2.30. The monoisotopic (exact) mass is 284 g/mol. The highest BCUT2D eigenvalue weighted by Crippen LogP contribution is 2.12. The van der Waals surface area contributed by atoms with Crippen molar-refractivity contribution in [2.45, 2.75) is 6.42 Å². The molecule has 0 heterocycles. The van der Waals surface area contributed by atoms with Crippen molar-refractivity contribution in [2.75, 3.05) is 32.6 Å². The van der Waals surface area contributed by atoms with Gasteiger partial charge >= 0.3 is 5.97 Å². The maximum Gasteiger partial charge on any atom is 0.341 e. The highest BCUT2D eigenvalue weighted by molar-refractivity contribution is 5.91. The predicted molar refractivity (Wildman–Crippen MR) is 70.6 cm³/mol. The SMILES string of the molecule is COCCCNC(=O)COC(=O)c1ccc(N)cc1F. The number of ether oxygens (including phenoxy) is 2. The minimum atomic E-state index is -0.908. The summed E-state index contributed by atoms with van der Waals surface area (Å²) >= 11 is 0. The second-order valence-corrected chi connectivity index (χ2v) is 4.01. The van der Waals surface area contributed by atoms with Crippen LogP contribution in [-0.4, -0.2) is 38.7 Å². The molecule has 3 N–H and O–H groups in total. The van der Waals surface area contributed by atoms with Gasteiger partial charge in [-0.1, -0.05) is 0 Å². The fourth-order valence-electron chi connectivity index (χ4n) is 1.40. The van der Waals surface area contributed by atoms with Crippen molar-refractivity contribution in [2.24, 2.45) is 0 Å². The molecule has 0 saturated carbocycles. The van der Waals surface area contributed by atoms with E-state index in [4.69, 9.17) is 15.2 Å². The number of hydrogen-bond acceptors (Lipinski definition) is 5. The first-order chi connectivity index (χ1) is 9.54. The van der Waals surface area contributed by atoms with Crippen LogP contribution in [0, 0.1) is 5.82 Å². The number of hydrogen-bond donors (Lipinski definition) is 2. The summed E-state index contributed by atoms with van der Waals surface area (Å²) in [6, 6.07) is 3.61. The van der Waals surface area contributed by atoms with E-state index in [0.29, 0.717) is 19.6 Å². The highest BCUT2D eigenvalue weighted by atomic mass is 19.1. The van der Waals surface area contributed by atoms with Crippen LogP contribution >= 0.6 is 0 Å². The zero-order valence-corrected chi connectivity index (χ0v) is 11.1. The first-order valence-corrected chi connectivity index (χ1v) is 6.02. The zero-order chi connectivity index (χ0) is 15.0. The Morgan fingerprint density at radius 1 is 1.40 bits per heavy atom. The average molecular weight is 284 g/mol. The fourth-order valence-corrected chi connectivity index (χ4v) is 1.40. The molecule has 1 aromatic carbocycles. The number of methoxy groups -OCH3 is 1. The maximum atomic E-state index is 13.4. The molecule has 0 atom stereocenters. The summed E-state index contributed by atoms with van der Waals surface area (Å²) in [4.78, 5) is 22.9. The summed E-state index contributed by atoms with van der Waals surface area (Å²) in [5.74, 6) is -2.14. The molecule has 110 valence electrons. The molecule has 6 nitrogen and oxygen atoms in total. The average Bonchev–Trinajstić information content (AvgIpc) is 2.41. The fraction of sp³-hybridized carbons (Fsp3) is 0.385. The standard InChI is InChI=1S/C13H17FN2O4/c1-19-6-2-5-16-12(17)8-20-13(18)10-4-3-9(15)7-11(10)14/h3-4,7H,2,5-6,8,15H2,1H3,(H,16,17). The zero-order valence-electron chi connectivity index (χ0n) is 11.1. The van der Waals surface area contributed by atoms with Crippen LogP contribution in [0.3, 0.4) is 0 Å². The molecular formula is C13H17FN2O4. The number of amides is 1. The third-order valence-electron chi connectivity index (χ3n) is 2.39. The van der Waals surface area contributed by atoms with Crippen molar-refractivity contribution in [3.8, 4) is 0 Å². The summed E-state index contributed by atoms with van der Waals surface area (Å²) in [6.45, 7) is 0.479. The molecule has 0 fully saturated rings. The van der Waals surface area contributed by atoms with Gasteiger partial charge in [0, 0.05) is 25.9 Å². The number of nitrogens with one attached hydrogen (secondary N) is 1. The van der Waals surface area contributed by atoms with Gasteiger partial charge in [0.25, 0.3) is 5.91 Å². The Hall–Kier alpha value is -2.15. The van der Waals surface area contributed by atoms with Crippen LogP contribution in [-0.2, 0) is 14.3 Å². The smallest absolute Gasteiger partial charge is 0.341 e. The van der Waals surface area contributed by atoms with E-state index in [1.54, 1.807) is 7.11 Å². The van der Waals surface area contributed by atoms with Gasteiger partial charge in [-0.25, -0.2) is 9.18 Å². The van der Waals surface area contributed by atoms with Crippen molar-refractivity contribution in [1.29, 1.82) is 0 Å². The number of carbonyl (C=O) groups excluding carboxylic acids is 2. The van der Waals surface area contributed by atoms with E-state index in [-0.39, 0.29) is 11.3 Å². The van der Waals surface area contributed by atoms with Crippen molar-refractivity contribution in [3.05, 3.63) is 29.6 Å². The van der Waals surface area contributed by atoms with E-state index in [1.807, 2.05) is 0 Å². The van der Waals surface area contributed by atoms with Crippen LogP contribution in [0.1, 0.15) is 16.8 Å². The molecule has 0 aliphatic heterocycles. The molecule has 1 aromatic rings. The van der Waals surface area contributed by atoms with Gasteiger partial charge in [0.05, 0.1) is 5.56 Å². The van der Waals surface area contributed by atoms with Gasteiger partial charge in [-0.2, -0.15) is 0 Å². The molecule has 0 saturated heterocycles. The lowest BCUT2D eigenvalue weighted by Gasteiger charge is -2.07. The third kappa shape index (κ3) is 5.23. The van der Waals surface area contributed by atoms with E-state index in [9.17, 15) is 14.0 Å². The number of halogens is 1. The van der Waals surface area contributed by atoms with Crippen LogP contribution in [0.25, 0.3) is 0 Å². The van der Waals surface area contributed by atoms with E-state index in [0.717, 1.165) is 6.07 Å². The normalized spacial score (nSPS) is 10.1. The first kappa shape index (κ1) is 15.9.